The number of alkyl halides is 3. The number of hydrogen-bond donors (Lipinski definition) is 2. The Morgan fingerprint density at radius 3 is 2.30 bits per heavy atom. The number of carboxylic acid groups (broad SMARTS) is 1. The highest BCUT2D eigenvalue weighted by Crippen LogP contribution is 2.34. The summed E-state index contributed by atoms with van der Waals surface area (Å²) in [6.45, 7) is 0. The van der Waals surface area contributed by atoms with Crippen molar-refractivity contribution in [2.24, 2.45) is 0 Å². The molecule has 0 bridgehead atoms. The van der Waals surface area contributed by atoms with Crippen LogP contribution < -0.4 is 5.32 Å². The maximum atomic E-state index is 12.8. The lowest BCUT2D eigenvalue weighted by atomic mass is 10.1. The van der Waals surface area contributed by atoms with Crippen molar-refractivity contribution in [3.8, 4) is 6.07 Å². The molecule has 0 spiro atoms. The molecule has 0 aliphatic carbocycles. The molecule has 138 valence electrons. The lowest BCUT2D eigenvalue weighted by Crippen LogP contribution is -2.15. The number of anilines is 1. The molecular weight excluding hydrogens is 385 g/mol. The number of rotatable bonds is 4. The van der Waals surface area contributed by atoms with E-state index < -0.39 is 29.2 Å². The number of carbonyl (C=O) groups is 2. The van der Waals surface area contributed by atoms with Gasteiger partial charge in [0.2, 0.25) is 0 Å². The third-order valence-electron chi connectivity index (χ3n) is 3.38. The second-order valence-corrected chi connectivity index (χ2v) is 5.65. The molecule has 0 aromatic heterocycles. The average Bonchev–Trinajstić information content (AvgIpc) is 2.60. The van der Waals surface area contributed by atoms with Crippen LogP contribution in [0, 0.1) is 11.3 Å². The average molecular weight is 395 g/mol. The molecule has 5 nitrogen and oxygen atoms in total. The van der Waals surface area contributed by atoms with Gasteiger partial charge >= 0.3 is 12.1 Å². The fourth-order valence-corrected chi connectivity index (χ4v) is 2.19. The van der Waals surface area contributed by atoms with Crippen molar-refractivity contribution >= 4 is 35.2 Å². The molecular formula is C18H10ClF3N2O3. The zero-order valence-electron chi connectivity index (χ0n) is 13.3. The summed E-state index contributed by atoms with van der Waals surface area (Å²) >= 11 is 5.81. The summed E-state index contributed by atoms with van der Waals surface area (Å²) in [5.74, 6) is -2.09. The largest absolute Gasteiger partial charge is 0.478 e. The van der Waals surface area contributed by atoms with E-state index >= 15 is 0 Å². The monoisotopic (exact) mass is 394 g/mol. The van der Waals surface area contributed by atoms with Gasteiger partial charge in [-0.2, -0.15) is 18.4 Å². The molecule has 0 fully saturated rings. The number of carbonyl (C=O) groups excluding carboxylic acids is 1. The molecule has 2 rings (SSSR count). The van der Waals surface area contributed by atoms with Crippen molar-refractivity contribution in [1.82, 2.24) is 0 Å². The van der Waals surface area contributed by atoms with E-state index in [1.54, 1.807) is 6.07 Å². The number of hydrogen-bond acceptors (Lipinski definition) is 3. The van der Waals surface area contributed by atoms with Crippen LogP contribution in [0.2, 0.25) is 5.02 Å². The van der Waals surface area contributed by atoms with Crippen LogP contribution in [0.15, 0.2) is 48.0 Å². The van der Waals surface area contributed by atoms with Crippen molar-refractivity contribution in [3.63, 3.8) is 0 Å². The number of halogens is 4. The number of aromatic carboxylic acids is 1. The van der Waals surface area contributed by atoms with Crippen LogP contribution in [-0.4, -0.2) is 17.0 Å². The minimum Gasteiger partial charge on any atom is -0.478 e. The Kier molecular flexibility index (Phi) is 5.88. The molecule has 0 heterocycles. The van der Waals surface area contributed by atoms with Crippen LogP contribution >= 0.6 is 11.6 Å². The van der Waals surface area contributed by atoms with E-state index in [1.165, 1.54) is 30.3 Å². The molecule has 0 saturated carbocycles. The number of nitriles is 1. The molecule has 0 radical (unpaired) electrons. The third kappa shape index (κ3) is 5.09. The van der Waals surface area contributed by atoms with Crippen LogP contribution in [0.4, 0.5) is 18.9 Å². The van der Waals surface area contributed by atoms with Crippen LogP contribution in [0.1, 0.15) is 21.5 Å². The molecule has 0 unspecified atom stereocenters. The van der Waals surface area contributed by atoms with E-state index in [1.807, 2.05) is 0 Å². The number of nitrogens with zero attached hydrogens (tertiary/aromatic N) is 1. The number of benzene rings is 2. The van der Waals surface area contributed by atoms with Crippen LogP contribution in [0.3, 0.4) is 0 Å². The van der Waals surface area contributed by atoms with Gasteiger partial charge in [-0.1, -0.05) is 23.7 Å². The van der Waals surface area contributed by atoms with Crippen molar-refractivity contribution in [1.29, 1.82) is 5.26 Å². The lowest BCUT2D eigenvalue weighted by Gasteiger charge is -2.11. The Labute approximate surface area is 156 Å². The summed E-state index contributed by atoms with van der Waals surface area (Å²) in [5, 5.41) is 20.0. The Hall–Kier alpha value is -3.31. The van der Waals surface area contributed by atoms with Crippen molar-refractivity contribution in [2.45, 2.75) is 6.18 Å². The quantitative estimate of drug-likeness (QED) is 0.585. The molecule has 0 aliphatic rings. The first-order valence-corrected chi connectivity index (χ1v) is 7.63. The minimum absolute atomic E-state index is 0.0193. The van der Waals surface area contributed by atoms with Gasteiger partial charge in [0.1, 0.15) is 11.6 Å². The zero-order valence-corrected chi connectivity index (χ0v) is 14.1. The molecule has 0 aliphatic heterocycles. The topological polar surface area (TPSA) is 90.2 Å². The van der Waals surface area contributed by atoms with Gasteiger partial charge in [-0.05, 0) is 42.0 Å². The van der Waals surface area contributed by atoms with E-state index in [0.717, 1.165) is 12.1 Å². The summed E-state index contributed by atoms with van der Waals surface area (Å²) in [7, 11) is 0. The van der Waals surface area contributed by atoms with E-state index in [2.05, 4.69) is 5.32 Å². The fourth-order valence-electron chi connectivity index (χ4n) is 2.02. The second kappa shape index (κ2) is 7.93. The Morgan fingerprint density at radius 1 is 1.15 bits per heavy atom. The number of amides is 1. The highest BCUT2D eigenvalue weighted by Gasteiger charge is 2.31. The first kappa shape index (κ1) is 20.0. The summed E-state index contributed by atoms with van der Waals surface area (Å²) in [5.41, 5.74) is -1.31. The van der Waals surface area contributed by atoms with E-state index in [-0.39, 0.29) is 16.3 Å². The Morgan fingerprint density at radius 2 is 1.78 bits per heavy atom. The van der Waals surface area contributed by atoms with Gasteiger partial charge in [0, 0.05) is 0 Å². The highest BCUT2D eigenvalue weighted by molar-refractivity contribution is 6.34. The third-order valence-corrected chi connectivity index (χ3v) is 3.71. The highest BCUT2D eigenvalue weighted by atomic mass is 35.5. The Balaban J connectivity index is 2.27. The van der Waals surface area contributed by atoms with Crippen molar-refractivity contribution in [3.05, 3.63) is 69.8 Å². The molecule has 2 N–H and O–H groups in total. The van der Waals surface area contributed by atoms with E-state index in [9.17, 15) is 22.8 Å². The van der Waals surface area contributed by atoms with Gasteiger partial charge < -0.3 is 10.4 Å². The predicted octanol–water partition coefficient (Wildman–Crippen LogP) is 4.60. The second-order valence-electron chi connectivity index (χ2n) is 5.24. The van der Waals surface area contributed by atoms with Gasteiger partial charge in [0.05, 0.1) is 21.8 Å². The molecule has 1 amide bonds. The summed E-state index contributed by atoms with van der Waals surface area (Å²) in [4.78, 5) is 23.0. The van der Waals surface area contributed by atoms with Gasteiger partial charge in [-0.25, -0.2) is 4.79 Å². The van der Waals surface area contributed by atoms with Gasteiger partial charge in [-0.3, -0.25) is 4.79 Å². The molecule has 2 aromatic carbocycles. The maximum Gasteiger partial charge on any atom is 0.416 e. The van der Waals surface area contributed by atoms with Crippen LogP contribution in [0.5, 0.6) is 0 Å². The predicted molar refractivity (Wildman–Crippen MR) is 92.1 cm³/mol. The van der Waals surface area contributed by atoms with E-state index in [0.29, 0.717) is 11.6 Å². The van der Waals surface area contributed by atoms with E-state index in [4.69, 9.17) is 22.0 Å². The molecule has 0 saturated heterocycles. The summed E-state index contributed by atoms with van der Waals surface area (Å²) in [6.07, 6.45) is -3.45. The number of carboxylic acids is 1. The standard InChI is InChI=1S/C18H10ClF3N2O3/c19-14-6-5-13(18(20,21)22)8-15(14)24-16(25)12(9-23)7-10-1-3-11(4-2-10)17(26)27/h1-8H,(H,24,25)(H,26,27)/b12-7-. The molecule has 0 atom stereocenters. The van der Waals surface area contributed by atoms with Gasteiger partial charge in [-0.15, -0.1) is 0 Å². The van der Waals surface area contributed by atoms with Crippen LogP contribution in [-0.2, 0) is 11.0 Å². The summed E-state index contributed by atoms with van der Waals surface area (Å²) < 4.78 is 38.3. The first-order valence-electron chi connectivity index (χ1n) is 7.25. The molecule has 2 aromatic rings. The molecule has 9 heteroatoms. The Bertz CT molecular complexity index is 961. The van der Waals surface area contributed by atoms with Crippen LogP contribution in [0.25, 0.3) is 6.08 Å². The lowest BCUT2D eigenvalue weighted by molar-refractivity contribution is -0.137. The van der Waals surface area contributed by atoms with Crippen molar-refractivity contribution < 1.29 is 27.9 Å². The van der Waals surface area contributed by atoms with Crippen molar-refractivity contribution in [2.75, 3.05) is 5.32 Å². The first-order chi connectivity index (χ1) is 12.6. The number of nitrogens with one attached hydrogen (secondary N) is 1. The fraction of sp³-hybridized carbons (Fsp3) is 0.0556. The summed E-state index contributed by atoms with van der Waals surface area (Å²) in [6, 6.07) is 9.38. The smallest absolute Gasteiger partial charge is 0.416 e. The minimum atomic E-state index is -4.62. The molecule has 27 heavy (non-hydrogen) atoms. The maximum absolute atomic E-state index is 12.8. The van der Waals surface area contributed by atoms with Gasteiger partial charge in [0.25, 0.3) is 5.91 Å². The normalized spacial score (nSPS) is 11.6. The zero-order chi connectivity index (χ0) is 20.2. The van der Waals surface area contributed by atoms with Gasteiger partial charge in [0.15, 0.2) is 0 Å². The SMILES string of the molecule is N#C/C(=C/c1ccc(C(=O)O)cc1)C(=O)Nc1cc(C(F)(F)F)ccc1Cl.